The molecule has 5 nitrogen and oxygen atoms in total. The highest BCUT2D eigenvalue weighted by Crippen LogP contribution is 2.36. The number of hydrogen-bond donors (Lipinski definition) is 0. The number of aryl methyl sites for hydroxylation is 1. The maximum Gasteiger partial charge on any atom is 0.227 e. The average molecular weight is 402 g/mol. The van der Waals surface area contributed by atoms with E-state index in [0.29, 0.717) is 12.6 Å². The first-order chi connectivity index (χ1) is 13.6. The minimum absolute atomic E-state index is 0.0938. The number of imidazole rings is 1. The molecule has 1 aromatic heterocycles. The molecular weight excluding hydrogens is 370 g/mol. The largest absolute Gasteiger partial charge is 0.318 e. The third kappa shape index (κ3) is 4.18. The number of benzene rings is 1. The first-order valence-electron chi connectivity index (χ1n) is 10.6. The predicted octanol–water partition coefficient (Wildman–Crippen LogP) is 3.68. The van der Waals surface area contributed by atoms with Crippen LogP contribution in [0.2, 0.25) is 0 Å². The third-order valence-corrected chi connectivity index (χ3v) is 8.02. The summed E-state index contributed by atoms with van der Waals surface area (Å²) in [6.45, 7) is 4.36. The molecule has 2 aromatic rings. The summed E-state index contributed by atoms with van der Waals surface area (Å²) in [6, 6.07) is 11.0. The van der Waals surface area contributed by atoms with Crippen LogP contribution in [0, 0.1) is 5.92 Å². The van der Waals surface area contributed by atoms with E-state index in [1.54, 1.807) is 13.1 Å². The fourth-order valence-corrected chi connectivity index (χ4v) is 5.88. The Morgan fingerprint density at radius 1 is 1.18 bits per heavy atom. The normalized spacial score (nSPS) is 22.6. The summed E-state index contributed by atoms with van der Waals surface area (Å²) >= 11 is 0. The van der Waals surface area contributed by atoms with Crippen LogP contribution < -0.4 is 0 Å². The van der Waals surface area contributed by atoms with Crippen LogP contribution in [-0.2, 0) is 29.3 Å². The Kier molecular flexibility index (Phi) is 5.88. The van der Waals surface area contributed by atoms with E-state index in [4.69, 9.17) is 0 Å². The third-order valence-electron chi connectivity index (χ3n) is 6.38. The summed E-state index contributed by atoms with van der Waals surface area (Å²) in [5.74, 6) is 0.920. The Labute approximate surface area is 168 Å². The van der Waals surface area contributed by atoms with Crippen molar-refractivity contribution < 1.29 is 8.42 Å². The van der Waals surface area contributed by atoms with Crippen LogP contribution in [0.3, 0.4) is 0 Å². The highest BCUT2D eigenvalue weighted by molar-refractivity contribution is 7.91. The van der Waals surface area contributed by atoms with E-state index in [-0.39, 0.29) is 10.9 Å². The molecule has 0 spiro atoms. The van der Waals surface area contributed by atoms with E-state index >= 15 is 0 Å². The van der Waals surface area contributed by atoms with Gasteiger partial charge >= 0.3 is 0 Å². The molecule has 1 aromatic carbocycles. The zero-order valence-electron chi connectivity index (χ0n) is 16.8. The molecule has 2 heterocycles. The van der Waals surface area contributed by atoms with Gasteiger partial charge in [-0.15, -0.1) is 0 Å². The van der Waals surface area contributed by atoms with E-state index in [9.17, 15) is 8.42 Å². The van der Waals surface area contributed by atoms with Gasteiger partial charge in [0.15, 0.2) is 0 Å². The molecule has 0 amide bonds. The van der Waals surface area contributed by atoms with Gasteiger partial charge < -0.3 is 4.57 Å². The van der Waals surface area contributed by atoms with Gasteiger partial charge in [-0.25, -0.2) is 13.4 Å². The number of hydrogen-bond acceptors (Lipinski definition) is 4. The van der Waals surface area contributed by atoms with Crippen molar-refractivity contribution in [1.82, 2.24) is 14.5 Å². The molecular formula is C22H31N3O2S. The lowest BCUT2D eigenvalue weighted by molar-refractivity contribution is 0.230. The van der Waals surface area contributed by atoms with Crippen LogP contribution in [0.25, 0.3) is 0 Å². The summed E-state index contributed by atoms with van der Waals surface area (Å²) < 4.78 is 27.2. The van der Waals surface area contributed by atoms with Crippen molar-refractivity contribution in [2.75, 3.05) is 12.3 Å². The Morgan fingerprint density at radius 3 is 2.75 bits per heavy atom. The Bertz CT molecular complexity index is 892. The second-order valence-electron chi connectivity index (χ2n) is 8.29. The molecule has 1 saturated carbocycles. The van der Waals surface area contributed by atoms with Gasteiger partial charge in [0.25, 0.3) is 0 Å². The van der Waals surface area contributed by atoms with Crippen molar-refractivity contribution in [1.29, 1.82) is 0 Å². The summed E-state index contributed by atoms with van der Waals surface area (Å²) in [5, 5.41) is 0.250. The lowest BCUT2D eigenvalue weighted by Crippen LogP contribution is -2.29. The molecule has 2 fully saturated rings. The van der Waals surface area contributed by atoms with Crippen LogP contribution in [0.1, 0.15) is 50.3 Å². The van der Waals surface area contributed by atoms with E-state index in [1.807, 2.05) is 10.6 Å². The first-order valence-corrected chi connectivity index (χ1v) is 12.3. The minimum atomic E-state index is -3.32. The lowest BCUT2D eigenvalue weighted by atomic mass is 9.90. The molecule has 2 bridgehead atoms. The smallest absolute Gasteiger partial charge is 0.227 e. The van der Waals surface area contributed by atoms with Crippen LogP contribution in [0.15, 0.2) is 41.7 Å². The van der Waals surface area contributed by atoms with Crippen molar-refractivity contribution >= 4 is 9.84 Å². The summed E-state index contributed by atoms with van der Waals surface area (Å²) in [6.07, 6.45) is 8.91. The van der Waals surface area contributed by atoms with Gasteiger partial charge in [-0.2, -0.15) is 0 Å². The number of aromatic nitrogens is 2. The van der Waals surface area contributed by atoms with Crippen molar-refractivity contribution in [3.63, 3.8) is 0 Å². The predicted molar refractivity (Wildman–Crippen MR) is 111 cm³/mol. The summed E-state index contributed by atoms with van der Waals surface area (Å²) in [4.78, 5) is 6.92. The molecule has 28 heavy (non-hydrogen) atoms. The van der Waals surface area contributed by atoms with Crippen molar-refractivity contribution in [2.45, 2.75) is 69.7 Å². The van der Waals surface area contributed by atoms with E-state index in [0.717, 1.165) is 37.5 Å². The molecule has 0 N–H and O–H groups in total. The number of nitrogens with zero attached hydrogens (tertiary/aromatic N) is 3. The highest BCUT2D eigenvalue weighted by Gasteiger charge is 2.35. The summed E-state index contributed by atoms with van der Waals surface area (Å²) in [5.41, 5.74) is 2.34. The van der Waals surface area contributed by atoms with E-state index in [2.05, 4.69) is 34.1 Å². The van der Waals surface area contributed by atoms with Gasteiger partial charge in [-0.05, 0) is 43.6 Å². The average Bonchev–Trinajstić information content (AvgIpc) is 3.23. The second-order valence-corrected chi connectivity index (χ2v) is 10.5. The van der Waals surface area contributed by atoms with Gasteiger partial charge in [0.1, 0.15) is 0 Å². The zero-order chi connectivity index (χ0) is 19.6. The Morgan fingerprint density at radius 2 is 2.00 bits per heavy atom. The van der Waals surface area contributed by atoms with E-state index in [1.165, 1.54) is 31.2 Å². The number of sulfone groups is 1. The quantitative estimate of drug-likeness (QED) is 0.677. The Balaban J connectivity index is 1.52. The van der Waals surface area contributed by atoms with Crippen LogP contribution in [0.4, 0.5) is 0 Å². The van der Waals surface area contributed by atoms with Crippen molar-refractivity contribution in [2.24, 2.45) is 5.92 Å². The number of fused-ring (bicyclic) bond motifs is 2. The molecule has 1 aliphatic carbocycles. The lowest BCUT2D eigenvalue weighted by Gasteiger charge is -2.25. The van der Waals surface area contributed by atoms with Gasteiger partial charge in [0.2, 0.25) is 15.0 Å². The Hall–Kier alpha value is -1.66. The maximum absolute atomic E-state index is 12.6. The van der Waals surface area contributed by atoms with Crippen LogP contribution >= 0.6 is 0 Å². The fraction of sp³-hybridized carbons (Fsp3) is 0.591. The van der Waals surface area contributed by atoms with Crippen LogP contribution in [-0.4, -0.2) is 41.2 Å². The molecule has 1 saturated heterocycles. The molecule has 2 atom stereocenters. The highest BCUT2D eigenvalue weighted by atomic mass is 32.2. The molecule has 152 valence electrons. The minimum Gasteiger partial charge on any atom is -0.318 e. The number of likely N-dealkylation sites (tertiary alicyclic amines) is 1. The molecule has 1 aliphatic heterocycles. The molecule has 4 rings (SSSR count). The van der Waals surface area contributed by atoms with Crippen LogP contribution in [0.5, 0.6) is 0 Å². The summed E-state index contributed by atoms with van der Waals surface area (Å²) in [7, 11) is -3.32. The topological polar surface area (TPSA) is 55.2 Å². The monoisotopic (exact) mass is 401 g/mol. The fourth-order valence-electron chi connectivity index (χ4n) is 4.86. The standard InChI is InChI=1S/C22H31N3O2S/c1-2-28(26,27)22-23-15-21(17-24-16-19-10-6-12-20(24)14-19)25(22)13-7-11-18-8-4-3-5-9-18/h3-5,8-9,15,19-20H,2,6-7,10-14,16-17H2,1H3/t19-,20?/m1/s1. The molecule has 2 aliphatic rings. The van der Waals surface area contributed by atoms with Gasteiger partial charge in [-0.3, -0.25) is 4.90 Å². The SMILES string of the molecule is CCS(=O)(=O)c1ncc(CN2C[C@@H]3CCCC2C3)n1CCCc1ccccc1. The van der Waals surface area contributed by atoms with Gasteiger partial charge in [0.05, 0.1) is 17.6 Å². The maximum atomic E-state index is 12.6. The molecule has 0 radical (unpaired) electrons. The number of rotatable bonds is 8. The zero-order valence-corrected chi connectivity index (χ0v) is 17.6. The van der Waals surface area contributed by atoms with E-state index < -0.39 is 9.84 Å². The van der Waals surface area contributed by atoms with Gasteiger partial charge in [-0.1, -0.05) is 43.7 Å². The molecule has 6 heteroatoms. The first kappa shape index (κ1) is 19.6. The second kappa shape index (κ2) is 8.37. The van der Waals surface area contributed by atoms with Crippen molar-refractivity contribution in [3.05, 3.63) is 47.8 Å². The molecule has 1 unspecified atom stereocenters. The van der Waals surface area contributed by atoms with Gasteiger partial charge in [0, 0.05) is 25.7 Å². The van der Waals surface area contributed by atoms with Crippen molar-refractivity contribution in [3.8, 4) is 0 Å².